The fraction of sp³-hybridized carbons (Fsp3) is 0.200. The Morgan fingerprint density at radius 2 is 2.00 bits per heavy atom. The Labute approximate surface area is 165 Å². The minimum Gasteiger partial charge on any atom is -0.353 e. The minimum absolute atomic E-state index is 0.0164. The molecule has 29 heavy (non-hydrogen) atoms. The van der Waals surface area contributed by atoms with Crippen molar-refractivity contribution >= 4 is 17.2 Å². The van der Waals surface area contributed by atoms with Crippen molar-refractivity contribution in [2.24, 2.45) is 0 Å². The molecule has 1 N–H and O–H groups in total. The van der Waals surface area contributed by atoms with Crippen molar-refractivity contribution in [2.75, 3.05) is 18.0 Å². The smallest absolute Gasteiger partial charge is 0.291 e. The molecule has 0 unspecified atom stereocenters. The average Bonchev–Trinajstić information content (AvgIpc) is 3.48. The Balaban J connectivity index is 1.26. The number of fused-ring (bicyclic) bond motifs is 1. The Kier molecular flexibility index (Phi) is 4.19. The van der Waals surface area contributed by atoms with E-state index >= 15 is 0 Å². The molecular formula is C20H18FN7O. The molecule has 0 bridgehead atoms. The molecule has 4 aromatic rings. The van der Waals surface area contributed by atoms with E-state index in [-0.39, 0.29) is 23.6 Å². The third kappa shape index (κ3) is 3.31. The molecule has 0 aliphatic carbocycles. The molecule has 8 nitrogen and oxygen atoms in total. The Hall–Kier alpha value is -3.75. The first kappa shape index (κ1) is 17.4. The van der Waals surface area contributed by atoms with Gasteiger partial charge < -0.3 is 14.6 Å². The van der Waals surface area contributed by atoms with Crippen molar-refractivity contribution in [1.29, 1.82) is 0 Å². The predicted molar refractivity (Wildman–Crippen MR) is 105 cm³/mol. The predicted octanol–water partition coefficient (Wildman–Crippen LogP) is 2.06. The summed E-state index contributed by atoms with van der Waals surface area (Å²) in [5.41, 5.74) is 1.68. The lowest BCUT2D eigenvalue weighted by atomic mass is 10.2. The number of nitrogens with zero attached hydrogens (tertiary/aromatic N) is 6. The second-order valence-corrected chi connectivity index (χ2v) is 6.95. The molecule has 4 heterocycles. The summed E-state index contributed by atoms with van der Waals surface area (Å²) >= 11 is 0. The number of carbonyl (C=O) groups is 1. The number of hydrogen-bond donors (Lipinski definition) is 1. The van der Waals surface area contributed by atoms with E-state index < -0.39 is 0 Å². The number of nitrogens with one attached hydrogen (secondary N) is 1. The highest BCUT2D eigenvalue weighted by molar-refractivity contribution is 5.90. The Morgan fingerprint density at radius 3 is 2.86 bits per heavy atom. The number of halogens is 1. The summed E-state index contributed by atoms with van der Waals surface area (Å²) in [6.45, 7) is 1.47. The summed E-state index contributed by atoms with van der Waals surface area (Å²) in [6.07, 6.45) is 7.94. The van der Waals surface area contributed by atoms with Gasteiger partial charge in [-0.25, -0.2) is 19.0 Å². The van der Waals surface area contributed by atoms with E-state index in [9.17, 15) is 9.18 Å². The van der Waals surface area contributed by atoms with Crippen molar-refractivity contribution in [3.05, 3.63) is 73.0 Å². The lowest BCUT2D eigenvalue weighted by Crippen LogP contribution is -2.37. The van der Waals surface area contributed by atoms with Crippen molar-refractivity contribution in [3.8, 4) is 5.69 Å². The SMILES string of the molecule is O=C(N[C@H]1CCN(c2nccn3cccc23)C1)c1ncn(-c2ccc(F)cc2)n1. The van der Waals surface area contributed by atoms with Gasteiger partial charge in [-0.1, -0.05) is 0 Å². The highest BCUT2D eigenvalue weighted by Gasteiger charge is 2.27. The van der Waals surface area contributed by atoms with E-state index in [1.54, 1.807) is 18.3 Å². The summed E-state index contributed by atoms with van der Waals surface area (Å²) in [6, 6.07) is 9.83. The summed E-state index contributed by atoms with van der Waals surface area (Å²) < 4.78 is 16.5. The largest absolute Gasteiger partial charge is 0.353 e. The summed E-state index contributed by atoms with van der Waals surface area (Å²) in [5, 5.41) is 7.20. The molecule has 0 radical (unpaired) electrons. The molecule has 1 aliphatic rings. The van der Waals surface area contributed by atoms with Crippen LogP contribution < -0.4 is 10.2 Å². The van der Waals surface area contributed by atoms with Crippen LogP contribution in [0.25, 0.3) is 11.2 Å². The Bertz CT molecular complexity index is 1170. The van der Waals surface area contributed by atoms with Crippen LogP contribution in [-0.2, 0) is 0 Å². The van der Waals surface area contributed by atoms with E-state index in [4.69, 9.17) is 0 Å². The zero-order chi connectivity index (χ0) is 19.8. The van der Waals surface area contributed by atoms with Gasteiger partial charge >= 0.3 is 0 Å². The summed E-state index contributed by atoms with van der Waals surface area (Å²) in [4.78, 5) is 23.3. The fourth-order valence-corrected chi connectivity index (χ4v) is 3.60. The molecule has 5 rings (SSSR count). The summed E-state index contributed by atoms with van der Waals surface area (Å²) in [7, 11) is 0. The molecule has 0 saturated carbocycles. The van der Waals surface area contributed by atoms with Gasteiger partial charge in [0.25, 0.3) is 5.91 Å². The molecule has 1 aromatic carbocycles. The standard InChI is InChI=1S/C20H18FN7O/c21-14-3-5-16(6-4-14)28-13-23-18(25-28)20(29)24-15-7-10-27(12-15)19-17-2-1-9-26(17)11-8-22-19/h1-6,8-9,11,13,15H,7,10,12H2,(H,24,29)/t15-/m0/s1. The number of benzene rings is 1. The van der Waals surface area contributed by atoms with Crippen LogP contribution in [0, 0.1) is 5.82 Å². The summed E-state index contributed by atoms with van der Waals surface area (Å²) in [5.74, 6) is 0.335. The van der Waals surface area contributed by atoms with Gasteiger partial charge in [-0.15, -0.1) is 5.10 Å². The highest BCUT2D eigenvalue weighted by Crippen LogP contribution is 2.23. The first-order valence-corrected chi connectivity index (χ1v) is 9.32. The van der Waals surface area contributed by atoms with Gasteiger partial charge in [0.05, 0.1) is 11.2 Å². The molecule has 1 saturated heterocycles. The van der Waals surface area contributed by atoms with Gasteiger partial charge in [0.1, 0.15) is 12.1 Å². The van der Waals surface area contributed by atoms with E-state index in [2.05, 4.69) is 25.3 Å². The maximum absolute atomic E-state index is 13.1. The maximum atomic E-state index is 13.1. The molecule has 1 amide bonds. The molecule has 9 heteroatoms. The number of rotatable bonds is 4. The van der Waals surface area contributed by atoms with E-state index in [0.29, 0.717) is 12.2 Å². The van der Waals surface area contributed by atoms with Gasteiger partial charge in [-0.2, -0.15) is 0 Å². The van der Waals surface area contributed by atoms with Gasteiger partial charge in [0.2, 0.25) is 5.82 Å². The minimum atomic E-state index is -0.331. The number of carbonyl (C=O) groups excluding carboxylic acids is 1. The van der Waals surface area contributed by atoms with Crippen molar-refractivity contribution in [1.82, 2.24) is 29.5 Å². The van der Waals surface area contributed by atoms with Crippen LogP contribution in [0.1, 0.15) is 17.0 Å². The quantitative estimate of drug-likeness (QED) is 0.576. The zero-order valence-electron chi connectivity index (χ0n) is 15.4. The lowest BCUT2D eigenvalue weighted by molar-refractivity contribution is 0.0930. The van der Waals surface area contributed by atoms with Crippen LogP contribution in [0.3, 0.4) is 0 Å². The average molecular weight is 391 g/mol. The van der Waals surface area contributed by atoms with Gasteiger partial charge in [-0.3, -0.25) is 4.79 Å². The molecule has 0 spiro atoms. The topological polar surface area (TPSA) is 80.4 Å². The first-order valence-electron chi connectivity index (χ1n) is 9.32. The van der Waals surface area contributed by atoms with Crippen LogP contribution >= 0.6 is 0 Å². The molecule has 1 aliphatic heterocycles. The van der Waals surface area contributed by atoms with Crippen LogP contribution in [0.15, 0.2) is 61.3 Å². The van der Waals surface area contributed by atoms with Gasteiger partial charge in [-0.05, 0) is 42.8 Å². The molecule has 1 atom stereocenters. The Morgan fingerprint density at radius 1 is 1.14 bits per heavy atom. The fourth-order valence-electron chi connectivity index (χ4n) is 3.60. The second-order valence-electron chi connectivity index (χ2n) is 6.95. The third-order valence-corrected chi connectivity index (χ3v) is 5.04. The number of amides is 1. The van der Waals surface area contributed by atoms with Crippen molar-refractivity contribution in [2.45, 2.75) is 12.5 Å². The zero-order valence-corrected chi connectivity index (χ0v) is 15.4. The first-order chi connectivity index (χ1) is 14.2. The van der Waals surface area contributed by atoms with E-state index in [1.807, 2.05) is 28.9 Å². The van der Waals surface area contributed by atoms with Crippen molar-refractivity contribution < 1.29 is 9.18 Å². The van der Waals surface area contributed by atoms with Gasteiger partial charge in [0, 0.05) is 37.7 Å². The van der Waals surface area contributed by atoms with Crippen LogP contribution in [0.5, 0.6) is 0 Å². The second kappa shape index (κ2) is 7.01. The molecule has 3 aromatic heterocycles. The number of hydrogen-bond acceptors (Lipinski definition) is 5. The monoisotopic (exact) mass is 391 g/mol. The van der Waals surface area contributed by atoms with Gasteiger partial charge in [0.15, 0.2) is 5.82 Å². The van der Waals surface area contributed by atoms with E-state index in [1.165, 1.54) is 23.1 Å². The molecular weight excluding hydrogens is 373 g/mol. The van der Waals surface area contributed by atoms with Crippen LogP contribution in [0.2, 0.25) is 0 Å². The molecule has 146 valence electrons. The van der Waals surface area contributed by atoms with Crippen LogP contribution in [-0.4, -0.2) is 49.2 Å². The normalized spacial score (nSPS) is 16.4. The highest BCUT2D eigenvalue weighted by atomic mass is 19.1. The van der Waals surface area contributed by atoms with Crippen LogP contribution in [0.4, 0.5) is 10.2 Å². The molecule has 1 fully saturated rings. The third-order valence-electron chi connectivity index (χ3n) is 5.04. The number of aromatic nitrogens is 5. The van der Waals surface area contributed by atoms with E-state index in [0.717, 1.165) is 24.3 Å². The maximum Gasteiger partial charge on any atom is 0.291 e. The van der Waals surface area contributed by atoms with Crippen molar-refractivity contribution in [3.63, 3.8) is 0 Å². The lowest BCUT2D eigenvalue weighted by Gasteiger charge is -2.18. The number of anilines is 1.